The van der Waals surface area contributed by atoms with Gasteiger partial charge in [0.15, 0.2) is 11.6 Å². The first-order valence-electron chi connectivity index (χ1n) is 12.0. The summed E-state index contributed by atoms with van der Waals surface area (Å²) in [5, 5.41) is 11.1. The highest BCUT2D eigenvalue weighted by Crippen LogP contribution is 2.40. The molecule has 1 amide bonds. The van der Waals surface area contributed by atoms with Crippen molar-refractivity contribution in [2.45, 2.75) is 12.5 Å². The summed E-state index contributed by atoms with van der Waals surface area (Å²) in [6, 6.07) is 9.17. The number of ether oxygens (including phenoxy) is 3. The van der Waals surface area contributed by atoms with Crippen molar-refractivity contribution in [3.05, 3.63) is 70.5 Å². The molecule has 2 heterocycles. The topological polar surface area (TPSA) is 106 Å². The molecule has 2 saturated heterocycles. The minimum atomic E-state index is -0.915. The maximum atomic E-state index is 14.4. The molecule has 1 atom stereocenters. The second-order valence-corrected chi connectivity index (χ2v) is 8.76. The molecule has 2 aromatic carbocycles. The smallest absolute Gasteiger partial charge is 0.337 e. The average Bonchev–Trinajstić information content (AvgIpc) is 3.18. The van der Waals surface area contributed by atoms with E-state index in [0.29, 0.717) is 37.3 Å². The number of morpholine rings is 1. The van der Waals surface area contributed by atoms with E-state index in [1.54, 1.807) is 12.1 Å². The Labute approximate surface area is 214 Å². The quantitative estimate of drug-likeness (QED) is 0.249. The van der Waals surface area contributed by atoms with Crippen LogP contribution in [0, 0.1) is 5.82 Å². The van der Waals surface area contributed by atoms with Gasteiger partial charge in [0.2, 0.25) is 0 Å². The van der Waals surface area contributed by atoms with Crippen molar-refractivity contribution in [1.82, 2.24) is 9.80 Å². The second-order valence-electron chi connectivity index (χ2n) is 8.76. The highest BCUT2D eigenvalue weighted by Gasteiger charge is 2.46. The van der Waals surface area contributed by atoms with Crippen molar-refractivity contribution in [2.24, 2.45) is 0 Å². The van der Waals surface area contributed by atoms with E-state index >= 15 is 0 Å². The lowest BCUT2D eigenvalue weighted by Gasteiger charge is -2.29. The minimum absolute atomic E-state index is 0.0185. The molecule has 9 nitrogen and oxygen atoms in total. The third kappa shape index (κ3) is 5.50. The molecule has 37 heavy (non-hydrogen) atoms. The number of aliphatic hydroxyl groups excluding tert-OH is 1. The maximum absolute atomic E-state index is 14.4. The van der Waals surface area contributed by atoms with Gasteiger partial charge in [-0.1, -0.05) is 12.1 Å². The SMILES string of the molecule is COC(=O)c1ccc([C@H]2C(=C(O)c3ccc(OC)c(F)c3)C(=O)C(=O)N2CCCN2CCOCC2)cc1. The summed E-state index contributed by atoms with van der Waals surface area (Å²) in [6.45, 7) is 3.86. The number of benzene rings is 2. The van der Waals surface area contributed by atoms with E-state index in [4.69, 9.17) is 14.2 Å². The number of hydrogen-bond acceptors (Lipinski definition) is 8. The van der Waals surface area contributed by atoms with Gasteiger partial charge in [-0.2, -0.15) is 0 Å². The molecule has 0 spiro atoms. The fraction of sp³-hybridized carbons (Fsp3) is 0.370. The van der Waals surface area contributed by atoms with Crippen LogP contribution < -0.4 is 4.74 Å². The summed E-state index contributed by atoms with van der Waals surface area (Å²) in [4.78, 5) is 41.9. The maximum Gasteiger partial charge on any atom is 0.337 e. The third-order valence-corrected chi connectivity index (χ3v) is 6.59. The van der Waals surface area contributed by atoms with Crippen LogP contribution in [0.4, 0.5) is 4.39 Å². The number of esters is 1. The third-order valence-electron chi connectivity index (χ3n) is 6.59. The highest BCUT2D eigenvalue weighted by atomic mass is 19.1. The van der Waals surface area contributed by atoms with E-state index in [-0.39, 0.29) is 23.4 Å². The number of amides is 1. The summed E-state index contributed by atoms with van der Waals surface area (Å²) in [5.74, 6) is -3.36. The summed E-state index contributed by atoms with van der Waals surface area (Å²) in [7, 11) is 2.59. The summed E-state index contributed by atoms with van der Waals surface area (Å²) in [5.41, 5.74) is 0.717. The Hall–Kier alpha value is -3.76. The Morgan fingerprint density at radius 2 is 1.73 bits per heavy atom. The molecule has 1 N–H and O–H groups in total. The molecule has 0 bridgehead atoms. The molecule has 0 aromatic heterocycles. The molecule has 2 aromatic rings. The lowest BCUT2D eigenvalue weighted by molar-refractivity contribution is -0.140. The number of nitrogens with zero attached hydrogens (tertiary/aromatic N) is 2. The van der Waals surface area contributed by atoms with E-state index in [1.807, 2.05) is 0 Å². The van der Waals surface area contributed by atoms with E-state index < -0.39 is 35.3 Å². The van der Waals surface area contributed by atoms with Gasteiger partial charge < -0.3 is 24.2 Å². The first kappa shape index (κ1) is 26.3. The minimum Gasteiger partial charge on any atom is -0.507 e. The predicted molar refractivity (Wildman–Crippen MR) is 132 cm³/mol. The van der Waals surface area contributed by atoms with Gasteiger partial charge in [-0.05, 0) is 42.3 Å². The number of halogens is 1. The summed E-state index contributed by atoms with van der Waals surface area (Å²) < 4.78 is 29.4. The zero-order valence-electron chi connectivity index (χ0n) is 20.7. The van der Waals surface area contributed by atoms with Crippen LogP contribution in [0.5, 0.6) is 5.75 Å². The normalized spacial score (nSPS) is 19.8. The number of rotatable bonds is 8. The summed E-state index contributed by atoms with van der Waals surface area (Å²) >= 11 is 0. The molecule has 4 rings (SSSR count). The number of carbonyl (C=O) groups excluding carboxylic acids is 3. The van der Waals surface area contributed by atoms with Gasteiger partial charge in [0, 0.05) is 31.7 Å². The van der Waals surface area contributed by atoms with Crippen LogP contribution in [0.25, 0.3) is 5.76 Å². The number of aliphatic hydroxyl groups is 1. The van der Waals surface area contributed by atoms with Crippen LogP contribution in [0.15, 0.2) is 48.0 Å². The van der Waals surface area contributed by atoms with Crippen molar-refractivity contribution in [1.29, 1.82) is 0 Å². The molecular weight excluding hydrogens is 483 g/mol. The molecule has 0 aliphatic carbocycles. The number of hydrogen-bond donors (Lipinski definition) is 1. The number of Topliss-reactive ketones (excluding diaryl/α,β-unsaturated/α-hetero) is 1. The standard InChI is InChI=1S/C27H29FN2O7/c1-35-21-9-8-19(16-20(21)28)24(31)22-23(17-4-6-18(7-5-17)27(34)36-2)30(26(33)25(22)32)11-3-10-29-12-14-37-15-13-29/h4-9,16,23,31H,3,10-15H2,1-2H3/t23-/m0/s1. The Bertz CT molecular complexity index is 1210. The van der Waals surface area contributed by atoms with Crippen molar-refractivity contribution in [3.8, 4) is 5.75 Å². The van der Waals surface area contributed by atoms with Crippen LogP contribution in [0.3, 0.4) is 0 Å². The van der Waals surface area contributed by atoms with Crippen LogP contribution in [-0.2, 0) is 19.1 Å². The Balaban J connectivity index is 1.70. The first-order chi connectivity index (χ1) is 17.8. The van der Waals surface area contributed by atoms with Gasteiger partial charge in [0.25, 0.3) is 11.7 Å². The van der Waals surface area contributed by atoms with Gasteiger partial charge in [-0.3, -0.25) is 14.5 Å². The van der Waals surface area contributed by atoms with Crippen molar-refractivity contribution >= 4 is 23.4 Å². The fourth-order valence-electron chi connectivity index (χ4n) is 4.64. The van der Waals surface area contributed by atoms with E-state index in [1.165, 1.54) is 43.4 Å². The fourth-order valence-corrected chi connectivity index (χ4v) is 4.64. The van der Waals surface area contributed by atoms with Gasteiger partial charge in [-0.15, -0.1) is 0 Å². The molecule has 2 aliphatic rings. The molecule has 0 unspecified atom stereocenters. The number of ketones is 1. The van der Waals surface area contributed by atoms with Crippen LogP contribution in [-0.4, -0.2) is 86.2 Å². The predicted octanol–water partition coefficient (Wildman–Crippen LogP) is 2.76. The number of methoxy groups -OCH3 is 2. The average molecular weight is 513 g/mol. The largest absolute Gasteiger partial charge is 0.507 e. The first-order valence-corrected chi connectivity index (χ1v) is 12.0. The van der Waals surface area contributed by atoms with Crippen molar-refractivity contribution in [3.63, 3.8) is 0 Å². The second kappa shape index (κ2) is 11.5. The van der Waals surface area contributed by atoms with Crippen molar-refractivity contribution < 1.29 is 38.1 Å². The number of likely N-dealkylation sites (tertiary alicyclic amines) is 1. The molecule has 0 radical (unpaired) electrons. The Kier molecular flexibility index (Phi) is 8.20. The van der Waals surface area contributed by atoms with E-state index in [2.05, 4.69) is 4.90 Å². The van der Waals surface area contributed by atoms with Gasteiger partial charge in [-0.25, -0.2) is 9.18 Å². The summed E-state index contributed by atoms with van der Waals surface area (Å²) in [6.07, 6.45) is 0.598. The lowest BCUT2D eigenvalue weighted by Crippen LogP contribution is -2.39. The highest BCUT2D eigenvalue weighted by molar-refractivity contribution is 6.46. The molecule has 2 fully saturated rings. The lowest BCUT2D eigenvalue weighted by atomic mass is 9.94. The van der Waals surface area contributed by atoms with Crippen LogP contribution >= 0.6 is 0 Å². The van der Waals surface area contributed by atoms with Crippen LogP contribution in [0.1, 0.15) is 33.9 Å². The van der Waals surface area contributed by atoms with Gasteiger partial charge in [0.1, 0.15) is 5.76 Å². The zero-order chi connectivity index (χ0) is 26.5. The monoisotopic (exact) mass is 512 g/mol. The van der Waals surface area contributed by atoms with E-state index in [0.717, 1.165) is 19.2 Å². The zero-order valence-corrected chi connectivity index (χ0v) is 20.7. The van der Waals surface area contributed by atoms with Gasteiger partial charge >= 0.3 is 5.97 Å². The van der Waals surface area contributed by atoms with Crippen molar-refractivity contribution in [2.75, 3.05) is 53.6 Å². The molecule has 0 saturated carbocycles. The molecule has 196 valence electrons. The van der Waals surface area contributed by atoms with E-state index in [9.17, 15) is 23.9 Å². The number of carbonyl (C=O) groups is 3. The Morgan fingerprint density at radius 1 is 1.05 bits per heavy atom. The molecule has 10 heteroatoms. The molecular formula is C27H29FN2O7. The Morgan fingerprint density at radius 3 is 2.35 bits per heavy atom. The van der Waals surface area contributed by atoms with Gasteiger partial charge in [0.05, 0.1) is 44.6 Å². The van der Waals surface area contributed by atoms with Crippen LogP contribution in [0.2, 0.25) is 0 Å². The molecule has 2 aliphatic heterocycles.